The molecule has 0 aliphatic heterocycles. The van der Waals surface area contributed by atoms with E-state index >= 15 is 0 Å². The number of amides is 1. The molecule has 5 heteroatoms. The summed E-state index contributed by atoms with van der Waals surface area (Å²) in [6.45, 7) is 0.356. The molecule has 0 aromatic heterocycles. The van der Waals surface area contributed by atoms with Gasteiger partial charge in [0.25, 0.3) is 0 Å². The molecule has 2 fully saturated rings. The predicted octanol–water partition coefficient (Wildman–Crippen LogP) is 3.36. The third-order valence-corrected chi connectivity index (χ3v) is 6.02. The second-order valence-corrected chi connectivity index (χ2v) is 7.50. The van der Waals surface area contributed by atoms with E-state index in [4.69, 9.17) is 5.73 Å². The van der Waals surface area contributed by atoms with Gasteiger partial charge in [-0.25, -0.2) is 4.39 Å². The highest BCUT2D eigenvalue weighted by atomic mass is 79.9. The van der Waals surface area contributed by atoms with Crippen LogP contribution in [0.3, 0.4) is 0 Å². The third-order valence-electron chi connectivity index (χ3n) is 5.24. The summed E-state index contributed by atoms with van der Waals surface area (Å²) < 4.78 is 14.1. The van der Waals surface area contributed by atoms with E-state index in [0.717, 1.165) is 35.7 Å². The molecule has 0 spiro atoms. The fraction of sp³-hybridized carbons (Fsp3) is 0.588. The van der Waals surface area contributed by atoms with Crippen LogP contribution in [0.15, 0.2) is 22.7 Å². The van der Waals surface area contributed by atoms with Crippen LogP contribution in [0.2, 0.25) is 0 Å². The molecule has 3 rings (SSSR count). The zero-order chi connectivity index (χ0) is 15.7. The van der Waals surface area contributed by atoms with Crippen molar-refractivity contribution in [2.45, 2.75) is 44.7 Å². The van der Waals surface area contributed by atoms with Crippen LogP contribution in [0, 0.1) is 23.6 Å². The zero-order valence-electron chi connectivity index (χ0n) is 12.5. The van der Waals surface area contributed by atoms with Crippen LogP contribution in [0.5, 0.6) is 0 Å². The molecule has 1 aromatic carbocycles. The van der Waals surface area contributed by atoms with Crippen LogP contribution in [0.4, 0.5) is 4.39 Å². The van der Waals surface area contributed by atoms with Crippen LogP contribution < -0.4 is 11.1 Å². The Morgan fingerprint density at radius 1 is 1.32 bits per heavy atom. The second kappa shape index (κ2) is 6.67. The number of hydrogen-bond acceptors (Lipinski definition) is 2. The maximum Gasteiger partial charge on any atom is 0.223 e. The van der Waals surface area contributed by atoms with Gasteiger partial charge in [-0.15, -0.1) is 0 Å². The summed E-state index contributed by atoms with van der Waals surface area (Å²) in [5, 5.41) is 2.96. The van der Waals surface area contributed by atoms with Crippen LogP contribution in [0.25, 0.3) is 0 Å². The van der Waals surface area contributed by atoms with Gasteiger partial charge in [-0.2, -0.15) is 0 Å². The number of hydrogen-bond donors (Lipinski definition) is 2. The Hall–Kier alpha value is -0.940. The van der Waals surface area contributed by atoms with Crippen molar-refractivity contribution in [3.63, 3.8) is 0 Å². The quantitative estimate of drug-likeness (QED) is 0.859. The van der Waals surface area contributed by atoms with Crippen molar-refractivity contribution in [2.24, 2.45) is 23.5 Å². The number of rotatable bonds is 3. The first-order valence-corrected chi connectivity index (χ1v) is 8.81. The number of nitrogens with two attached hydrogens (primary N) is 1. The van der Waals surface area contributed by atoms with Crippen LogP contribution >= 0.6 is 15.9 Å². The largest absolute Gasteiger partial charge is 0.352 e. The maximum absolute atomic E-state index is 13.3. The van der Waals surface area contributed by atoms with E-state index in [2.05, 4.69) is 21.2 Å². The lowest BCUT2D eigenvalue weighted by molar-refractivity contribution is -0.128. The summed E-state index contributed by atoms with van der Waals surface area (Å²) in [7, 11) is 0. The fourth-order valence-electron chi connectivity index (χ4n) is 4.01. The summed E-state index contributed by atoms with van der Waals surface area (Å²) in [4.78, 5) is 12.4. The van der Waals surface area contributed by atoms with Gasteiger partial charge in [0.2, 0.25) is 5.91 Å². The molecule has 2 aliphatic rings. The molecule has 22 heavy (non-hydrogen) atoms. The van der Waals surface area contributed by atoms with Crippen molar-refractivity contribution in [3.8, 4) is 0 Å². The van der Waals surface area contributed by atoms with E-state index in [0.29, 0.717) is 18.4 Å². The van der Waals surface area contributed by atoms with Crippen molar-refractivity contribution in [3.05, 3.63) is 34.1 Å². The van der Waals surface area contributed by atoms with Gasteiger partial charge in [-0.05, 0) is 61.3 Å². The lowest BCUT2D eigenvalue weighted by Gasteiger charge is -2.43. The highest BCUT2D eigenvalue weighted by Crippen LogP contribution is 2.41. The Labute approximate surface area is 139 Å². The monoisotopic (exact) mass is 368 g/mol. The van der Waals surface area contributed by atoms with Crippen molar-refractivity contribution < 1.29 is 9.18 Å². The van der Waals surface area contributed by atoms with Gasteiger partial charge >= 0.3 is 0 Å². The zero-order valence-corrected chi connectivity index (χ0v) is 14.1. The van der Waals surface area contributed by atoms with Crippen molar-refractivity contribution in [1.29, 1.82) is 0 Å². The van der Waals surface area contributed by atoms with Gasteiger partial charge in [0, 0.05) is 23.0 Å². The third kappa shape index (κ3) is 3.35. The average Bonchev–Trinajstić information content (AvgIpc) is 2.47. The van der Waals surface area contributed by atoms with E-state index in [-0.39, 0.29) is 23.7 Å². The standard InChI is InChI=1S/C17H22BrFN2O/c18-15-5-4-14(19)8-13(15)9-21-17(22)12-6-10-2-1-3-11(7-12)16(10)20/h4-5,8,10-12,16H,1-3,6-7,9,20H2,(H,21,22). The molecule has 120 valence electrons. The highest BCUT2D eigenvalue weighted by Gasteiger charge is 2.40. The number of fused-ring (bicyclic) bond motifs is 2. The summed E-state index contributed by atoms with van der Waals surface area (Å²) in [5.74, 6) is 0.835. The van der Waals surface area contributed by atoms with E-state index in [1.165, 1.54) is 18.6 Å². The minimum atomic E-state index is -0.286. The SMILES string of the molecule is NC1C2CCCC1CC(C(=O)NCc1cc(F)ccc1Br)C2. The van der Waals surface area contributed by atoms with Crippen LogP contribution in [-0.2, 0) is 11.3 Å². The minimum Gasteiger partial charge on any atom is -0.352 e. The Balaban J connectivity index is 1.59. The number of carbonyl (C=O) groups excluding carboxylic acids is 1. The summed E-state index contributed by atoms with van der Waals surface area (Å²) in [6, 6.07) is 4.80. The highest BCUT2D eigenvalue weighted by molar-refractivity contribution is 9.10. The van der Waals surface area contributed by atoms with Gasteiger partial charge in [0.1, 0.15) is 5.82 Å². The molecule has 2 saturated carbocycles. The molecular formula is C17H22BrFN2O. The van der Waals surface area contributed by atoms with Crippen LogP contribution in [-0.4, -0.2) is 11.9 Å². The first-order valence-electron chi connectivity index (χ1n) is 8.02. The predicted molar refractivity (Wildman–Crippen MR) is 87.5 cm³/mol. The minimum absolute atomic E-state index is 0.0578. The molecule has 2 atom stereocenters. The first kappa shape index (κ1) is 15.9. The molecular weight excluding hydrogens is 347 g/mol. The summed E-state index contributed by atoms with van der Waals surface area (Å²) in [6.07, 6.45) is 5.34. The Kier molecular flexibility index (Phi) is 4.83. The number of halogens is 2. The van der Waals surface area contributed by atoms with Gasteiger partial charge in [-0.1, -0.05) is 22.4 Å². The normalized spacial score (nSPS) is 30.9. The lowest BCUT2D eigenvalue weighted by Crippen LogP contribution is -2.49. The van der Waals surface area contributed by atoms with E-state index in [1.54, 1.807) is 6.07 Å². The maximum atomic E-state index is 13.3. The summed E-state index contributed by atoms with van der Waals surface area (Å²) >= 11 is 3.39. The Morgan fingerprint density at radius 2 is 2.00 bits per heavy atom. The van der Waals surface area contributed by atoms with E-state index < -0.39 is 0 Å². The van der Waals surface area contributed by atoms with Gasteiger partial charge in [-0.3, -0.25) is 4.79 Å². The molecule has 0 heterocycles. The van der Waals surface area contributed by atoms with E-state index in [1.807, 2.05) is 0 Å². The molecule has 1 amide bonds. The molecule has 2 aliphatic carbocycles. The topological polar surface area (TPSA) is 55.1 Å². The van der Waals surface area contributed by atoms with Crippen LogP contribution in [0.1, 0.15) is 37.7 Å². The smallest absolute Gasteiger partial charge is 0.223 e. The number of benzene rings is 1. The Morgan fingerprint density at radius 3 is 2.68 bits per heavy atom. The van der Waals surface area contributed by atoms with Crippen molar-refractivity contribution in [2.75, 3.05) is 0 Å². The molecule has 2 unspecified atom stereocenters. The first-order chi connectivity index (χ1) is 10.5. The average molecular weight is 369 g/mol. The molecule has 0 radical (unpaired) electrons. The summed E-state index contributed by atoms with van der Waals surface area (Å²) in [5.41, 5.74) is 7.03. The molecule has 3 nitrogen and oxygen atoms in total. The van der Waals surface area contributed by atoms with Crippen molar-refractivity contribution >= 4 is 21.8 Å². The molecule has 3 N–H and O–H groups in total. The number of carbonyl (C=O) groups is 1. The van der Waals surface area contributed by atoms with Gasteiger partial charge in [0.15, 0.2) is 0 Å². The molecule has 0 saturated heterocycles. The number of nitrogens with one attached hydrogen (secondary N) is 1. The lowest BCUT2D eigenvalue weighted by atomic mass is 9.65. The Bertz CT molecular complexity index is 552. The second-order valence-electron chi connectivity index (χ2n) is 6.65. The van der Waals surface area contributed by atoms with Crippen molar-refractivity contribution in [1.82, 2.24) is 5.32 Å². The van der Waals surface area contributed by atoms with Gasteiger partial charge < -0.3 is 11.1 Å². The molecule has 1 aromatic rings. The van der Waals surface area contributed by atoms with Gasteiger partial charge in [0.05, 0.1) is 0 Å². The fourth-order valence-corrected chi connectivity index (χ4v) is 4.40. The molecule has 2 bridgehead atoms. The van der Waals surface area contributed by atoms with E-state index in [9.17, 15) is 9.18 Å².